The second-order valence-corrected chi connectivity index (χ2v) is 4.33. The first-order chi connectivity index (χ1) is 8.15. The lowest BCUT2D eigenvalue weighted by molar-refractivity contribution is 0.0520. The predicted molar refractivity (Wildman–Crippen MR) is 68.5 cm³/mol. The molecule has 5 heteroatoms. The summed E-state index contributed by atoms with van der Waals surface area (Å²) in [4.78, 5) is 14.6. The highest BCUT2D eigenvalue weighted by molar-refractivity contribution is 9.10. The zero-order valence-electron chi connectivity index (χ0n) is 9.54. The van der Waals surface area contributed by atoms with E-state index in [0.29, 0.717) is 12.3 Å². The number of esters is 1. The Labute approximate surface area is 107 Å². The summed E-state index contributed by atoms with van der Waals surface area (Å²) >= 11 is 3.43. The van der Waals surface area contributed by atoms with Gasteiger partial charge in [-0.25, -0.2) is 4.79 Å². The van der Waals surface area contributed by atoms with Crippen LogP contribution in [0.25, 0.3) is 10.9 Å². The number of nitrogens with one attached hydrogen (secondary N) is 1. The Morgan fingerprint density at radius 3 is 2.82 bits per heavy atom. The third kappa shape index (κ3) is 2.29. The fourth-order valence-electron chi connectivity index (χ4n) is 1.61. The fraction of sp³-hybridized carbons (Fsp3) is 0.250. The molecule has 17 heavy (non-hydrogen) atoms. The van der Waals surface area contributed by atoms with E-state index in [9.17, 15) is 4.79 Å². The standard InChI is InChI=1S/C12H12BrNO3/c1-3-17-12(15)10-5-7-4-8(16-2)6-9(13)11(7)14-10/h4-6,14H,3H2,1-2H3. The Morgan fingerprint density at radius 2 is 2.18 bits per heavy atom. The highest BCUT2D eigenvalue weighted by atomic mass is 79.9. The Kier molecular flexibility index (Phi) is 3.38. The number of hydrogen-bond acceptors (Lipinski definition) is 3. The number of carbonyl (C=O) groups excluding carboxylic acids is 1. The molecule has 0 fully saturated rings. The Balaban J connectivity index is 2.49. The molecule has 0 saturated heterocycles. The van der Waals surface area contributed by atoms with Crippen LogP contribution in [0.4, 0.5) is 0 Å². The van der Waals surface area contributed by atoms with Gasteiger partial charge in [-0.2, -0.15) is 0 Å². The summed E-state index contributed by atoms with van der Waals surface area (Å²) in [5.74, 6) is 0.383. The molecule has 0 spiro atoms. The lowest BCUT2D eigenvalue weighted by Gasteiger charge is -2.00. The van der Waals surface area contributed by atoms with Crippen molar-refractivity contribution >= 4 is 32.8 Å². The predicted octanol–water partition coefficient (Wildman–Crippen LogP) is 3.12. The van der Waals surface area contributed by atoms with Gasteiger partial charge in [0.1, 0.15) is 11.4 Å². The number of fused-ring (bicyclic) bond motifs is 1. The number of rotatable bonds is 3. The first kappa shape index (κ1) is 12.0. The van der Waals surface area contributed by atoms with Crippen molar-refractivity contribution in [2.45, 2.75) is 6.92 Å². The molecular formula is C12H12BrNO3. The maximum atomic E-state index is 11.6. The monoisotopic (exact) mass is 297 g/mol. The van der Waals surface area contributed by atoms with Gasteiger partial charge >= 0.3 is 5.97 Å². The quantitative estimate of drug-likeness (QED) is 0.886. The van der Waals surface area contributed by atoms with Crippen molar-refractivity contribution in [1.82, 2.24) is 4.98 Å². The third-order valence-electron chi connectivity index (χ3n) is 2.38. The van der Waals surface area contributed by atoms with E-state index < -0.39 is 0 Å². The Hall–Kier alpha value is -1.49. The molecule has 0 aliphatic heterocycles. The third-order valence-corrected chi connectivity index (χ3v) is 3.01. The van der Waals surface area contributed by atoms with Crippen molar-refractivity contribution in [1.29, 1.82) is 0 Å². The van der Waals surface area contributed by atoms with Crippen LogP contribution < -0.4 is 4.74 Å². The van der Waals surface area contributed by atoms with Crippen LogP contribution in [0.2, 0.25) is 0 Å². The van der Waals surface area contributed by atoms with Gasteiger partial charge in [0.15, 0.2) is 0 Å². The van der Waals surface area contributed by atoms with Crippen LogP contribution in [0.5, 0.6) is 5.75 Å². The number of methoxy groups -OCH3 is 1. The number of ether oxygens (including phenoxy) is 2. The summed E-state index contributed by atoms with van der Waals surface area (Å²) < 4.78 is 10.9. The molecule has 0 atom stereocenters. The molecule has 0 aliphatic carbocycles. The van der Waals surface area contributed by atoms with Gasteiger partial charge in [-0.05, 0) is 41.1 Å². The van der Waals surface area contributed by atoms with Crippen molar-refractivity contribution in [2.75, 3.05) is 13.7 Å². The summed E-state index contributed by atoms with van der Waals surface area (Å²) in [6.07, 6.45) is 0. The number of aromatic amines is 1. The minimum Gasteiger partial charge on any atom is -0.497 e. The maximum absolute atomic E-state index is 11.6. The number of halogens is 1. The normalized spacial score (nSPS) is 10.5. The summed E-state index contributed by atoms with van der Waals surface area (Å²) in [6, 6.07) is 5.45. The summed E-state index contributed by atoms with van der Waals surface area (Å²) in [7, 11) is 1.60. The fourth-order valence-corrected chi connectivity index (χ4v) is 2.16. The average Bonchev–Trinajstić information content (AvgIpc) is 2.73. The zero-order chi connectivity index (χ0) is 12.4. The van der Waals surface area contributed by atoms with Gasteiger partial charge in [-0.1, -0.05) is 0 Å². The smallest absolute Gasteiger partial charge is 0.354 e. The minimum atomic E-state index is -0.352. The van der Waals surface area contributed by atoms with Gasteiger partial charge in [0.05, 0.1) is 19.2 Å². The molecule has 2 rings (SSSR count). The molecular weight excluding hydrogens is 286 g/mol. The van der Waals surface area contributed by atoms with Crippen LogP contribution in [0.1, 0.15) is 17.4 Å². The largest absolute Gasteiger partial charge is 0.497 e. The zero-order valence-corrected chi connectivity index (χ0v) is 11.1. The van der Waals surface area contributed by atoms with Crippen molar-refractivity contribution in [3.8, 4) is 5.75 Å². The second kappa shape index (κ2) is 4.79. The van der Waals surface area contributed by atoms with E-state index in [1.807, 2.05) is 12.1 Å². The molecule has 1 heterocycles. The topological polar surface area (TPSA) is 51.3 Å². The molecule has 90 valence electrons. The average molecular weight is 298 g/mol. The van der Waals surface area contributed by atoms with Crippen molar-refractivity contribution in [3.63, 3.8) is 0 Å². The Morgan fingerprint density at radius 1 is 1.41 bits per heavy atom. The van der Waals surface area contributed by atoms with Crippen LogP contribution >= 0.6 is 15.9 Å². The van der Waals surface area contributed by atoms with Crippen LogP contribution in [0.3, 0.4) is 0 Å². The van der Waals surface area contributed by atoms with Gasteiger partial charge in [-0.15, -0.1) is 0 Å². The van der Waals surface area contributed by atoms with E-state index in [1.54, 1.807) is 20.1 Å². The molecule has 1 aromatic heterocycles. The number of carbonyl (C=O) groups is 1. The van der Waals surface area contributed by atoms with Gasteiger partial charge in [-0.3, -0.25) is 0 Å². The Bertz CT molecular complexity index is 562. The van der Waals surface area contributed by atoms with Crippen LogP contribution in [-0.2, 0) is 4.74 Å². The molecule has 1 N–H and O–H groups in total. The molecule has 0 radical (unpaired) electrons. The van der Waals surface area contributed by atoms with E-state index in [2.05, 4.69) is 20.9 Å². The molecule has 0 unspecified atom stereocenters. The molecule has 1 aromatic carbocycles. The first-order valence-corrected chi connectivity index (χ1v) is 5.98. The number of H-pyrrole nitrogens is 1. The van der Waals surface area contributed by atoms with E-state index in [-0.39, 0.29) is 5.97 Å². The highest BCUT2D eigenvalue weighted by Gasteiger charge is 2.12. The van der Waals surface area contributed by atoms with Gasteiger partial charge in [0.2, 0.25) is 0 Å². The lowest BCUT2D eigenvalue weighted by atomic mass is 10.2. The molecule has 2 aromatic rings. The maximum Gasteiger partial charge on any atom is 0.354 e. The second-order valence-electron chi connectivity index (χ2n) is 3.48. The summed E-state index contributed by atoms with van der Waals surface area (Å²) in [5, 5.41) is 0.902. The SMILES string of the molecule is CCOC(=O)c1cc2cc(OC)cc(Br)c2[nH]1. The van der Waals surface area contributed by atoms with Gasteiger partial charge in [0, 0.05) is 9.86 Å². The molecule has 0 saturated carbocycles. The number of hydrogen-bond donors (Lipinski definition) is 1. The highest BCUT2D eigenvalue weighted by Crippen LogP contribution is 2.29. The first-order valence-electron chi connectivity index (χ1n) is 5.19. The molecule has 0 amide bonds. The lowest BCUT2D eigenvalue weighted by Crippen LogP contribution is -2.04. The number of benzene rings is 1. The van der Waals surface area contributed by atoms with Crippen LogP contribution in [0, 0.1) is 0 Å². The van der Waals surface area contributed by atoms with Crippen molar-refractivity contribution < 1.29 is 14.3 Å². The minimum absolute atomic E-state index is 0.352. The van der Waals surface area contributed by atoms with Crippen LogP contribution in [0.15, 0.2) is 22.7 Å². The van der Waals surface area contributed by atoms with Crippen molar-refractivity contribution in [3.05, 3.63) is 28.4 Å². The van der Waals surface area contributed by atoms with E-state index in [4.69, 9.17) is 9.47 Å². The summed E-state index contributed by atoms with van der Waals surface area (Å²) in [5.41, 5.74) is 1.30. The van der Waals surface area contributed by atoms with E-state index in [1.165, 1.54) is 0 Å². The van der Waals surface area contributed by atoms with E-state index in [0.717, 1.165) is 21.1 Å². The number of aromatic nitrogens is 1. The summed E-state index contributed by atoms with van der Waals surface area (Å²) in [6.45, 7) is 2.14. The van der Waals surface area contributed by atoms with Crippen molar-refractivity contribution in [2.24, 2.45) is 0 Å². The molecule has 4 nitrogen and oxygen atoms in total. The van der Waals surface area contributed by atoms with Gasteiger partial charge < -0.3 is 14.5 Å². The van der Waals surface area contributed by atoms with Crippen LogP contribution in [-0.4, -0.2) is 24.7 Å². The molecule has 0 bridgehead atoms. The van der Waals surface area contributed by atoms with Gasteiger partial charge in [0.25, 0.3) is 0 Å². The van der Waals surface area contributed by atoms with E-state index >= 15 is 0 Å². The molecule has 0 aliphatic rings.